The molecule has 29 heavy (non-hydrogen) atoms. The molecular weight excluding hydrogens is 368 g/mol. The Balaban J connectivity index is 1.71. The van der Waals surface area contributed by atoms with Crippen molar-refractivity contribution < 1.29 is 19.5 Å². The third kappa shape index (κ3) is 3.34. The Morgan fingerprint density at radius 3 is 2.45 bits per heavy atom. The van der Waals surface area contributed by atoms with Gasteiger partial charge in [-0.05, 0) is 30.4 Å². The molecule has 0 saturated heterocycles. The molecule has 4 atom stereocenters. The molecule has 6 nitrogen and oxygen atoms in total. The highest BCUT2D eigenvalue weighted by Crippen LogP contribution is 2.50. The molecule has 0 amide bonds. The minimum atomic E-state index is -1.85. The van der Waals surface area contributed by atoms with Crippen LogP contribution in [0, 0.1) is 5.92 Å². The lowest BCUT2D eigenvalue weighted by atomic mass is 9.66. The second-order valence-electron chi connectivity index (χ2n) is 8.05. The Morgan fingerprint density at radius 1 is 1.03 bits per heavy atom. The van der Waals surface area contributed by atoms with Gasteiger partial charge in [0.2, 0.25) is 11.6 Å². The number of benzene rings is 2. The highest BCUT2D eigenvalue weighted by atomic mass is 16.4. The zero-order valence-electron chi connectivity index (χ0n) is 16.0. The van der Waals surface area contributed by atoms with E-state index in [1.807, 2.05) is 24.3 Å². The Morgan fingerprint density at radius 2 is 1.72 bits per heavy atom. The molecule has 1 aliphatic carbocycles. The van der Waals surface area contributed by atoms with E-state index in [0.29, 0.717) is 0 Å². The summed E-state index contributed by atoms with van der Waals surface area (Å²) in [7, 11) is 0. The van der Waals surface area contributed by atoms with E-state index in [4.69, 9.17) is 5.73 Å². The van der Waals surface area contributed by atoms with E-state index < -0.39 is 35.4 Å². The smallest absolute Gasteiger partial charge is 0.324 e. The number of aliphatic carboxylic acids is 1. The van der Waals surface area contributed by atoms with Gasteiger partial charge in [0.1, 0.15) is 5.54 Å². The summed E-state index contributed by atoms with van der Waals surface area (Å²) in [6, 6.07) is 15.8. The van der Waals surface area contributed by atoms with Crippen LogP contribution in [-0.4, -0.2) is 34.2 Å². The maximum absolute atomic E-state index is 12.8. The number of carboxylic acids is 1. The molecular formula is C23H24N2O4. The first-order valence-electron chi connectivity index (χ1n) is 9.92. The first-order chi connectivity index (χ1) is 13.9. The summed E-state index contributed by atoms with van der Waals surface area (Å²) in [6.45, 7) is 0. The SMILES string of the molecule is NC(CC(=O)C(=O)c1ccccc1)(C(=O)O)C1c2ccccc2N[C@@H]2CCC[C@H]12. The predicted molar refractivity (Wildman–Crippen MR) is 109 cm³/mol. The summed E-state index contributed by atoms with van der Waals surface area (Å²) < 4.78 is 0. The van der Waals surface area contributed by atoms with Crippen molar-refractivity contribution in [1.29, 1.82) is 0 Å². The van der Waals surface area contributed by atoms with Gasteiger partial charge in [-0.2, -0.15) is 0 Å². The number of carbonyl (C=O) groups is 3. The fourth-order valence-electron chi connectivity index (χ4n) is 4.97. The average Bonchev–Trinajstić information content (AvgIpc) is 3.19. The summed E-state index contributed by atoms with van der Waals surface area (Å²) in [5, 5.41) is 13.6. The second-order valence-corrected chi connectivity index (χ2v) is 8.05. The molecule has 1 saturated carbocycles. The summed E-state index contributed by atoms with van der Waals surface area (Å²) in [5.41, 5.74) is 6.56. The molecule has 2 aromatic rings. The Hall–Kier alpha value is -2.99. The van der Waals surface area contributed by atoms with E-state index in [0.717, 1.165) is 30.5 Å². The first kappa shape index (κ1) is 19.3. The number of carbonyl (C=O) groups excluding carboxylic acids is 2. The number of nitrogens with two attached hydrogens (primary N) is 1. The van der Waals surface area contributed by atoms with Crippen LogP contribution in [0.1, 0.15) is 47.5 Å². The number of anilines is 1. The van der Waals surface area contributed by atoms with Gasteiger partial charge in [-0.15, -0.1) is 0 Å². The standard InChI is InChI=1S/C23H24N2O4/c24-23(22(28)29,13-19(26)21(27)14-7-2-1-3-8-14)20-15-9-4-5-11-17(15)25-18-12-6-10-16(18)20/h1-5,7-9,11,16,18,20,25H,6,10,12-13,24H2,(H,28,29)/t16-,18+,20?,23?/m0/s1. The zero-order valence-corrected chi connectivity index (χ0v) is 16.0. The maximum Gasteiger partial charge on any atom is 0.324 e. The Bertz CT molecular complexity index is 958. The highest BCUT2D eigenvalue weighted by Gasteiger charge is 2.53. The van der Waals surface area contributed by atoms with Gasteiger partial charge in [-0.3, -0.25) is 14.4 Å². The number of rotatable bonds is 6. The molecule has 1 aliphatic heterocycles. The average molecular weight is 392 g/mol. The minimum Gasteiger partial charge on any atom is -0.480 e. The van der Waals surface area contributed by atoms with Gasteiger partial charge in [-0.25, -0.2) is 0 Å². The molecule has 4 rings (SSSR count). The molecule has 2 aliphatic rings. The molecule has 2 aromatic carbocycles. The third-order valence-corrected chi connectivity index (χ3v) is 6.33. The van der Waals surface area contributed by atoms with E-state index >= 15 is 0 Å². The number of ketones is 2. The van der Waals surface area contributed by atoms with Gasteiger partial charge in [0.05, 0.1) is 0 Å². The fourth-order valence-corrected chi connectivity index (χ4v) is 4.97. The molecule has 0 bridgehead atoms. The van der Waals surface area contributed by atoms with E-state index in [1.165, 1.54) is 0 Å². The van der Waals surface area contributed by atoms with Crippen LogP contribution in [0.5, 0.6) is 0 Å². The number of nitrogens with one attached hydrogen (secondary N) is 1. The quantitative estimate of drug-likeness (QED) is 0.515. The van der Waals surface area contributed by atoms with Crippen molar-refractivity contribution in [2.45, 2.75) is 43.2 Å². The molecule has 0 aromatic heterocycles. The van der Waals surface area contributed by atoms with Crippen molar-refractivity contribution in [3.63, 3.8) is 0 Å². The van der Waals surface area contributed by atoms with Crippen molar-refractivity contribution in [1.82, 2.24) is 0 Å². The van der Waals surface area contributed by atoms with Gasteiger partial charge >= 0.3 is 5.97 Å². The number of carboxylic acid groups (broad SMARTS) is 1. The minimum absolute atomic E-state index is 0.00521. The summed E-state index contributed by atoms with van der Waals surface area (Å²) >= 11 is 0. The summed E-state index contributed by atoms with van der Waals surface area (Å²) in [4.78, 5) is 37.8. The van der Waals surface area contributed by atoms with Crippen molar-refractivity contribution >= 4 is 23.2 Å². The van der Waals surface area contributed by atoms with Crippen LogP contribution in [0.25, 0.3) is 0 Å². The number of para-hydroxylation sites is 1. The van der Waals surface area contributed by atoms with Crippen LogP contribution in [0.15, 0.2) is 54.6 Å². The van der Waals surface area contributed by atoms with Gasteiger partial charge in [-0.1, -0.05) is 55.0 Å². The second kappa shape index (κ2) is 7.44. The van der Waals surface area contributed by atoms with Crippen LogP contribution in [0.3, 0.4) is 0 Å². The van der Waals surface area contributed by atoms with Gasteiger partial charge in [0.15, 0.2) is 0 Å². The molecule has 1 fully saturated rings. The van der Waals surface area contributed by atoms with E-state index in [2.05, 4.69) is 5.32 Å². The van der Waals surface area contributed by atoms with E-state index in [1.54, 1.807) is 30.3 Å². The molecule has 2 unspecified atom stereocenters. The Labute approximate surface area is 169 Å². The van der Waals surface area contributed by atoms with Gasteiger partial charge in [0.25, 0.3) is 0 Å². The lowest BCUT2D eigenvalue weighted by molar-refractivity contribution is -0.146. The molecule has 0 radical (unpaired) electrons. The maximum atomic E-state index is 12.8. The van der Waals surface area contributed by atoms with Crippen molar-refractivity contribution in [3.05, 3.63) is 65.7 Å². The topological polar surface area (TPSA) is 109 Å². The molecule has 1 heterocycles. The van der Waals surface area contributed by atoms with Gasteiger partial charge < -0.3 is 16.2 Å². The van der Waals surface area contributed by atoms with E-state index in [9.17, 15) is 19.5 Å². The van der Waals surface area contributed by atoms with Crippen molar-refractivity contribution in [3.8, 4) is 0 Å². The molecule has 0 spiro atoms. The lowest BCUT2D eigenvalue weighted by Crippen LogP contribution is -2.59. The van der Waals surface area contributed by atoms with Crippen LogP contribution >= 0.6 is 0 Å². The number of hydrogen-bond donors (Lipinski definition) is 3. The van der Waals surface area contributed by atoms with Gasteiger partial charge in [0, 0.05) is 29.6 Å². The van der Waals surface area contributed by atoms with E-state index in [-0.39, 0.29) is 17.5 Å². The third-order valence-electron chi connectivity index (χ3n) is 6.33. The molecule has 6 heteroatoms. The summed E-state index contributed by atoms with van der Waals surface area (Å²) in [5.74, 6) is -3.26. The Kier molecular flexibility index (Phi) is 4.96. The fraction of sp³-hybridized carbons (Fsp3) is 0.348. The number of fused-ring (bicyclic) bond motifs is 2. The van der Waals surface area contributed by atoms with Crippen LogP contribution in [0.2, 0.25) is 0 Å². The normalized spacial score (nSPS) is 24.5. The van der Waals surface area contributed by atoms with Crippen LogP contribution in [0.4, 0.5) is 5.69 Å². The number of hydrogen-bond acceptors (Lipinski definition) is 5. The largest absolute Gasteiger partial charge is 0.480 e. The monoisotopic (exact) mass is 392 g/mol. The zero-order chi connectivity index (χ0) is 20.6. The predicted octanol–water partition coefficient (Wildman–Crippen LogP) is 2.99. The van der Waals surface area contributed by atoms with Crippen LogP contribution < -0.4 is 11.1 Å². The molecule has 150 valence electrons. The first-order valence-corrected chi connectivity index (χ1v) is 9.92. The lowest BCUT2D eigenvalue weighted by Gasteiger charge is -2.44. The van der Waals surface area contributed by atoms with Crippen molar-refractivity contribution in [2.24, 2.45) is 11.7 Å². The number of Topliss-reactive ketones (excluding diaryl/α,β-unsaturated/α-hetero) is 2. The highest BCUT2D eigenvalue weighted by molar-refractivity contribution is 6.44. The van der Waals surface area contributed by atoms with Crippen molar-refractivity contribution in [2.75, 3.05) is 5.32 Å². The summed E-state index contributed by atoms with van der Waals surface area (Å²) in [6.07, 6.45) is 2.21. The molecule has 4 N–H and O–H groups in total. The van der Waals surface area contributed by atoms with Crippen LogP contribution in [-0.2, 0) is 9.59 Å².